The molecule has 1 N–H and O–H groups in total. The number of carbonyl (C=O) groups excluding carboxylic acids is 2. The van der Waals surface area contributed by atoms with Crippen LogP contribution in [-0.4, -0.2) is 37.4 Å². The van der Waals surface area contributed by atoms with Gasteiger partial charge in [-0.05, 0) is 0 Å². The topological polar surface area (TPSA) is 72.8 Å². The number of hydrogen-bond acceptors (Lipinski definition) is 5. The van der Waals surface area contributed by atoms with Crippen LogP contribution in [0.4, 0.5) is 0 Å². The Labute approximate surface area is 69.6 Å². The van der Waals surface area contributed by atoms with E-state index in [2.05, 4.69) is 16.1 Å². The maximum Gasteiger partial charge on any atom is 0.339 e. The first kappa shape index (κ1) is 10.6. The first-order chi connectivity index (χ1) is 5.54. The van der Waals surface area contributed by atoms with Crippen LogP contribution in [0.25, 0.3) is 0 Å². The fourth-order valence-electron chi connectivity index (χ4n) is 0.497. The molecule has 0 spiro atoms. The molecule has 0 aromatic carbocycles. The second kappa shape index (κ2) is 4.50. The van der Waals surface area contributed by atoms with Crippen molar-refractivity contribution in [3.05, 3.63) is 12.2 Å². The standard InChI is InChI=1S/C7H10O5/c1-4(6(9)11-2)5(8)7(10)12-3/h5,8H,1H2,2-3H3. The van der Waals surface area contributed by atoms with Crippen LogP contribution in [0, 0.1) is 0 Å². The first-order valence-electron chi connectivity index (χ1n) is 3.07. The maximum absolute atomic E-state index is 10.7. The summed E-state index contributed by atoms with van der Waals surface area (Å²) >= 11 is 0. The van der Waals surface area contributed by atoms with E-state index in [0.29, 0.717) is 0 Å². The van der Waals surface area contributed by atoms with E-state index in [9.17, 15) is 9.59 Å². The predicted octanol–water partition coefficient (Wildman–Crippen LogP) is -0.751. The molecule has 0 radical (unpaired) electrons. The lowest BCUT2D eigenvalue weighted by Gasteiger charge is -2.08. The van der Waals surface area contributed by atoms with Gasteiger partial charge in [-0.2, -0.15) is 0 Å². The van der Waals surface area contributed by atoms with E-state index in [1.165, 1.54) is 0 Å². The van der Waals surface area contributed by atoms with Crippen LogP contribution in [0.5, 0.6) is 0 Å². The molecule has 0 aromatic rings. The largest absolute Gasteiger partial charge is 0.467 e. The van der Waals surface area contributed by atoms with Gasteiger partial charge in [-0.15, -0.1) is 0 Å². The van der Waals surface area contributed by atoms with Crippen LogP contribution in [0.15, 0.2) is 12.2 Å². The lowest BCUT2D eigenvalue weighted by molar-refractivity contribution is -0.151. The molecule has 0 aliphatic heterocycles. The molecule has 0 aliphatic rings. The van der Waals surface area contributed by atoms with E-state index in [1.54, 1.807) is 0 Å². The summed E-state index contributed by atoms with van der Waals surface area (Å²) in [6.07, 6.45) is -1.65. The Balaban J connectivity index is 4.29. The van der Waals surface area contributed by atoms with Crippen molar-refractivity contribution in [2.24, 2.45) is 0 Å². The highest BCUT2D eigenvalue weighted by Crippen LogP contribution is 2.02. The first-order valence-corrected chi connectivity index (χ1v) is 3.07. The molecular weight excluding hydrogens is 164 g/mol. The Morgan fingerprint density at radius 2 is 1.83 bits per heavy atom. The smallest absolute Gasteiger partial charge is 0.339 e. The minimum Gasteiger partial charge on any atom is -0.467 e. The monoisotopic (exact) mass is 174 g/mol. The highest BCUT2D eigenvalue weighted by atomic mass is 16.5. The number of hydrogen-bond donors (Lipinski definition) is 1. The summed E-state index contributed by atoms with van der Waals surface area (Å²) in [5.74, 6) is -1.78. The van der Waals surface area contributed by atoms with Gasteiger partial charge in [0.1, 0.15) is 0 Å². The van der Waals surface area contributed by atoms with E-state index >= 15 is 0 Å². The van der Waals surface area contributed by atoms with Crippen LogP contribution < -0.4 is 0 Å². The van der Waals surface area contributed by atoms with Gasteiger partial charge in [0.05, 0.1) is 19.8 Å². The number of methoxy groups -OCH3 is 2. The quantitative estimate of drug-likeness (QED) is 0.450. The zero-order chi connectivity index (χ0) is 9.72. The van der Waals surface area contributed by atoms with Gasteiger partial charge in [0.15, 0.2) is 6.10 Å². The van der Waals surface area contributed by atoms with E-state index < -0.39 is 18.0 Å². The molecule has 68 valence electrons. The van der Waals surface area contributed by atoms with Crippen LogP contribution in [0.3, 0.4) is 0 Å². The van der Waals surface area contributed by atoms with Crippen LogP contribution in [0.2, 0.25) is 0 Å². The van der Waals surface area contributed by atoms with Crippen molar-refractivity contribution in [3.63, 3.8) is 0 Å². The predicted molar refractivity (Wildman–Crippen MR) is 39.2 cm³/mol. The van der Waals surface area contributed by atoms with Gasteiger partial charge >= 0.3 is 11.9 Å². The fourth-order valence-corrected chi connectivity index (χ4v) is 0.497. The average Bonchev–Trinajstić information content (AvgIpc) is 2.12. The molecule has 0 bridgehead atoms. The molecule has 0 fully saturated rings. The van der Waals surface area contributed by atoms with E-state index in [4.69, 9.17) is 5.11 Å². The third-order valence-corrected chi connectivity index (χ3v) is 1.20. The van der Waals surface area contributed by atoms with Gasteiger partial charge in [0.2, 0.25) is 0 Å². The second-order valence-corrected chi connectivity index (χ2v) is 1.94. The zero-order valence-corrected chi connectivity index (χ0v) is 6.86. The Morgan fingerprint density at radius 3 is 2.17 bits per heavy atom. The average molecular weight is 174 g/mol. The number of carbonyl (C=O) groups is 2. The molecule has 1 atom stereocenters. The minimum atomic E-state index is -1.65. The lowest BCUT2D eigenvalue weighted by atomic mass is 10.2. The SMILES string of the molecule is C=C(C(=O)OC)C(O)C(=O)OC. The second-order valence-electron chi connectivity index (χ2n) is 1.94. The highest BCUT2D eigenvalue weighted by Gasteiger charge is 2.24. The highest BCUT2D eigenvalue weighted by molar-refractivity contribution is 5.96. The summed E-state index contributed by atoms with van der Waals surface area (Å²) < 4.78 is 8.39. The minimum absolute atomic E-state index is 0.343. The van der Waals surface area contributed by atoms with Crippen molar-refractivity contribution in [1.29, 1.82) is 0 Å². The van der Waals surface area contributed by atoms with Gasteiger partial charge in [-0.1, -0.05) is 6.58 Å². The van der Waals surface area contributed by atoms with Crippen LogP contribution in [-0.2, 0) is 19.1 Å². The molecule has 0 amide bonds. The van der Waals surface area contributed by atoms with E-state index in [-0.39, 0.29) is 5.57 Å². The number of rotatable bonds is 3. The molecule has 5 nitrogen and oxygen atoms in total. The Morgan fingerprint density at radius 1 is 1.33 bits per heavy atom. The van der Waals surface area contributed by atoms with Crippen molar-refractivity contribution in [2.75, 3.05) is 14.2 Å². The Kier molecular flexibility index (Phi) is 3.99. The molecular formula is C7H10O5. The van der Waals surface area contributed by atoms with Crippen molar-refractivity contribution >= 4 is 11.9 Å². The molecule has 0 heterocycles. The summed E-state index contributed by atoms with van der Waals surface area (Å²) in [4.78, 5) is 21.3. The summed E-state index contributed by atoms with van der Waals surface area (Å²) in [5.41, 5.74) is -0.343. The van der Waals surface area contributed by atoms with Crippen molar-refractivity contribution in [1.82, 2.24) is 0 Å². The fraction of sp³-hybridized carbons (Fsp3) is 0.429. The molecule has 0 aliphatic carbocycles. The normalized spacial score (nSPS) is 11.6. The molecule has 1 unspecified atom stereocenters. The molecule has 0 aromatic heterocycles. The summed E-state index contributed by atoms with van der Waals surface area (Å²) in [6, 6.07) is 0. The molecule has 5 heteroatoms. The van der Waals surface area contributed by atoms with Gasteiger partial charge in [-0.3, -0.25) is 0 Å². The molecule has 0 rings (SSSR count). The summed E-state index contributed by atoms with van der Waals surface area (Å²) in [7, 11) is 2.22. The third-order valence-electron chi connectivity index (χ3n) is 1.20. The Bertz CT molecular complexity index is 208. The van der Waals surface area contributed by atoms with Crippen LogP contribution >= 0.6 is 0 Å². The van der Waals surface area contributed by atoms with Gasteiger partial charge in [0.25, 0.3) is 0 Å². The van der Waals surface area contributed by atoms with Crippen molar-refractivity contribution in [3.8, 4) is 0 Å². The zero-order valence-electron chi connectivity index (χ0n) is 6.86. The summed E-state index contributed by atoms with van der Waals surface area (Å²) in [5, 5.41) is 9.01. The number of aliphatic hydroxyl groups excluding tert-OH is 1. The molecule has 0 saturated heterocycles. The number of esters is 2. The molecule has 12 heavy (non-hydrogen) atoms. The van der Waals surface area contributed by atoms with E-state index in [1.807, 2.05) is 0 Å². The summed E-state index contributed by atoms with van der Waals surface area (Å²) in [6.45, 7) is 3.17. The maximum atomic E-state index is 10.7. The third kappa shape index (κ3) is 2.35. The number of aliphatic hydroxyl groups is 1. The lowest BCUT2D eigenvalue weighted by Crippen LogP contribution is -2.28. The van der Waals surface area contributed by atoms with Gasteiger partial charge < -0.3 is 14.6 Å². The van der Waals surface area contributed by atoms with Crippen LogP contribution in [0.1, 0.15) is 0 Å². The van der Waals surface area contributed by atoms with Crippen molar-refractivity contribution < 1.29 is 24.2 Å². The van der Waals surface area contributed by atoms with Crippen molar-refractivity contribution in [2.45, 2.75) is 6.10 Å². The van der Waals surface area contributed by atoms with Gasteiger partial charge in [0, 0.05) is 0 Å². The number of ether oxygens (including phenoxy) is 2. The Hall–Kier alpha value is -1.36. The molecule has 0 saturated carbocycles. The van der Waals surface area contributed by atoms with E-state index in [0.717, 1.165) is 14.2 Å². The van der Waals surface area contributed by atoms with Gasteiger partial charge in [-0.25, -0.2) is 9.59 Å².